The molecular weight excluding hydrogens is 374 g/mol. The number of nitrogens with zero attached hydrogens (tertiary/aromatic N) is 4. The van der Waals surface area contributed by atoms with E-state index >= 15 is 0 Å². The Morgan fingerprint density at radius 2 is 2.08 bits per heavy atom. The zero-order chi connectivity index (χ0) is 17.4. The second kappa shape index (κ2) is 9.50. The van der Waals surface area contributed by atoms with Crippen LogP contribution in [0.2, 0.25) is 5.02 Å². The van der Waals surface area contributed by atoms with Crippen molar-refractivity contribution >= 4 is 45.1 Å². The van der Waals surface area contributed by atoms with Gasteiger partial charge in [-0.2, -0.15) is 4.68 Å². The molecule has 0 atom stereocenters. The Morgan fingerprint density at radius 3 is 2.79 bits per heavy atom. The van der Waals surface area contributed by atoms with E-state index in [4.69, 9.17) is 16.7 Å². The van der Waals surface area contributed by atoms with E-state index in [1.165, 1.54) is 32.6 Å². The predicted octanol–water partition coefficient (Wildman–Crippen LogP) is 1.90. The average molecular weight is 388 g/mol. The van der Waals surface area contributed by atoms with Gasteiger partial charge in [-0.15, -0.1) is 5.10 Å². The molecule has 1 aromatic heterocycles. The van der Waals surface area contributed by atoms with Crippen LogP contribution in [0.15, 0.2) is 24.5 Å². The maximum Gasteiger partial charge on any atom is 0.304 e. The number of carboxylic acids is 1. The lowest BCUT2D eigenvalue weighted by atomic mass is 10.1. The van der Waals surface area contributed by atoms with Crippen molar-refractivity contribution in [3.05, 3.63) is 35.1 Å². The number of carbonyl (C=O) groups is 2. The van der Waals surface area contributed by atoms with Crippen LogP contribution < -0.4 is 5.32 Å². The smallest absolute Gasteiger partial charge is 0.304 e. The van der Waals surface area contributed by atoms with Gasteiger partial charge in [-0.25, -0.2) is 0 Å². The van der Waals surface area contributed by atoms with Crippen molar-refractivity contribution in [2.75, 3.05) is 18.1 Å². The quantitative estimate of drug-likeness (QED) is 0.496. The number of carboxylic acid groups (broad SMARTS) is 1. The van der Waals surface area contributed by atoms with Crippen LogP contribution in [-0.2, 0) is 4.79 Å². The van der Waals surface area contributed by atoms with Gasteiger partial charge in [-0.1, -0.05) is 33.2 Å². The first-order valence-electron chi connectivity index (χ1n) is 6.85. The van der Waals surface area contributed by atoms with Gasteiger partial charge in [0.1, 0.15) is 6.33 Å². The summed E-state index contributed by atoms with van der Waals surface area (Å²) in [5.41, 5.74) is 0.906. The van der Waals surface area contributed by atoms with Crippen LogP contribution in [0.5, 0.6) is 0 Å². The number of aliphatic carboxylic acids is 1. The van der Waals surface area contributed by atoms with Crippen molar-refractivity contribution in [2.24, 2.45) is 0 Å². The number of aromatic nitrogens is 4. The number of hydrogen-bond donors (Lipinski definition) is 2. The summed E-state index contributed by atoms with van der Waals surface area (Å²) in [5.74, 6) is 0.106. The molecule has 0 aliphatic rings. The van der Waals surface area contributed by atoms with E-state index in [1.807, 2.05) is 0 Å². The molecule has 11 heteroatoms. The normalized spacial score (nSPS) is 10.5. The second-order valence-electron chi connectivity index (χ2n) is 4.46. The van der Waals surface area contributed by atoms with Crippen LogP contribution in [0.1, 0.15) is 16.8 Å². The lowest BCUT2D eigenvalue weighted by Crippen LogP contribution is -2.27. The highest BCUT2D eigenvalue weighted by molar-refractivity contribution is 8.76. The maximum atomic E-state index is 12.3. The molecule has 0 saturated carbocycles. The molecule has 0 unspecified atom stereocenters. The zero-order valence-corrected chi connectivity index (χ0v) is 14.8. The molecule has 1 heterocycles. The van der Waals surface area contributed by atoms with E-state index < -0.39 is 5.97 Å². The highest BCUT2D eigenvalue weighted by atomic mass is 35.5. The van der Waals surface area contributed by atoms with Crippen LogP contribution in [0.25, 0.3) is 5.69 Å². The van der Waals surface area contributed by atoms with E-state index in [0.29, 0.717) is 34.3 Å². The molecule has 24 heavy (non-hydrogen) atoms. The largest absolute Gasteiger partial charge is 0.481 e. The monoisotopic (exact) mass is 387 g/mol. The first kappa shape index (κ1) is 18.6. The highest BCUT2D eigenvalue weighted by Gasteiger charge is 2.14. The minimum atomic E-state index is -0.813. The molecule has 0 bridgehead atoms. The summed E-state index contributed by atoms with van der Waals surface area (Å²) in [6.07, 6.45) is 1.52. The minimum Gasteiger partial charge on any atom is -0.481 e. The third-order valence-corrected chi connectivity index (χ3v) is 5.40. The molecule has 2 aromatic rings. The predicted molar refractivity (Wildman–Crippen MR) is 93.7 cm³/mol. The van der Waals surface area contributed by atoms with Crippen LogP contribution in [0.4, 0.5) is 0 Å². The number of nitrogens with one attached hydrogen (secondary N) is 1. The molecule has 2 rings (SSSR count). The fourth-order valence-corrected chi connectivity index (χ4v) is 3.77. The summed E-state index contributed by atoms with van der Waals surface area (Å²) in [6, 6.07) is 4.89. The lowest BCUT2D eigenvalue weighted by Gasteiger charge is -2.10. The standard InChI is InChI=1S/C13H14ClN5O3S2/c14-9-1-2-11(19-8-16-17-18-19)10(7-9)13(22)15-4-6-24-23-5-3-12(20)21/h1-2,7-8H,3-6H2,(H,15,22)(H,20,21). The minimum absolute atomic E-state index is 0.127. The van der Waals surface area contributed by atoms with E-state index in [0.717, 1.165) is 0 Å². The van der Waals surface area contributed by atoms with Crippen molar-refractivity contribution in [2.45, 2.75) is 6.42 Å². The second-order valence-corrected chi connectivity index (χ2v) is 7.60. The molecule has 0 aliphatic heterocycles. The lowest BCUT2D eigenvalue weighted by molar-refractivity contribution is -0.136. The van der Waals surface area contributed by atoms with Gasteiger partial charge in [-0.05, 0) is 28.6 Å². The molecule has 0 radical (unpaired) electrons. The van der Waals surface area contributed by atoms with E-state index in [9.17, 15) is 9.59 Å². The first-order valence-corrected chi connectivity index (χ1v) is 9.72. The summed E-state index contributed by atoms with van der Waals surface area (Å²) in [4.78, 5) is 22.7. The highest BCUT2D eigenvalue weighted by Crippen LogP contribution is 2.21. The van der Waals surface area contributed by atoms with Crippen LogP contribution in [-0.4, -0.2) is 55.2 Å². The Morgan fingerprint density at radius 1 is 1.29 bits per heavy atom. The van der Waals surface area contributed by atoms with E-state index in [1.54, 1.807) is 18.2 Å². The van der Waals surface area contributed by atoms with Gasteiger partial charge in [0.25, 0.3) is 5.91 Å². The number of carbonyl (C=O) groups excluding carboxylic acids is 1. The average Bonchev–Trinajstić information content (AvgIpc) is 3.07. The Kier molecular flexibility index (Phi) is 7.35. The number of benzene rings is 1. The van der Waals surface area contributed by atoms with Crippen molar-refractivity contribution in [1.82, 2.24) is 25.5 Å². The Labute approximate surface area is 150 Å². The molecule has 0 aliphatic carbocycles. The third-order valence-electron chi connectivity index (χ3n) is 2.75. The molecule has 0 spiro atoms. The topological polar surface area (TPSA) is 110 Å². The Balaban J connectivity index is 1.86. The summed E-state index contributed by atoms with van der Waals surface area (Å²) in [5, 5.41) is 22.7. The van der Waals surface area contributed by atoms with Crippen molar-refractivity contribution < 1.29 is 14.7 Å². The molecular formula is C13H14ClN5O3S2. The van der Waals surface area contributed by atoms with E-state index in [-0.39, 0.29) is 12.3 Å². The van der Waals surface area contributed by atoms with Gasteiger partial charge in [0.15, 0.2) is 0 Å². The molecule has 1 aromatic carbocycles. The third kappa shape index (κ3) is 5.69. The Bertz CT molecular complexity index is 699. The van der Waals surface area contributed by atoms with Crippen molar-refractivity contribution in [1.29, 1.82) is 0 Å². The van der Waals surface area contributed by atoms with Crippen LogP contribution in [0, 0.1) is 0 Å². The van der Waals surface area contributed by atoms with Crippen LogP contribution in [0.3, 0.4) is 0 Å². The summed E-state index contributed by atoms with van der Waals surface area (Å²) >= 11 is 5.97. The molecule has 0 saturated heterocycles. The van der Waals surface area contributed by atoms with Gasteiger partial charge in [0, 0.05) is 23.1 Å². The summed E-state index contributed by atoms with van der Waals surface area (Å²) in [7, 11) is 2.98. The van der Waals surface area contributed by atoms with Gasteiger partial charge in [-0.3, -0.25) is 9.59 Å². The molecule has 8 nitrogen and oxygen atoms in total. The van der Waals surface area contributed by atoms with Crippen molar-refractivity contribution in [3.8, 4) is 5.69 Å². The number of amides is 1. The number of tetrazole rings is 1. The molecule has 128 valence electrons. The number of hydrogen-bond acceptors (Lipinski definition) is 7. The molecule has 1 amide bonds. The first-order chi connectivity index (χ1) is 11.6. The maximum absolute atomic E-state index is 12.3. The van der Waals surface area contributed by atoms with Gasteiger partial charge >= 0.3 is 5.97 Å². The summed E-state index contributed by atoms with van der Waals surface area (Å²) in [6.45, 7) is 0.450. The number of rotatable bonds is 9. The van der Waals surface area contributed by atoms with E-state index in [2.05, 4.69) is 20.8 Å². The molecule has 2 N–H and O–H groups in total. The zero-order valence-electron chi connectivity index (χ0n) is 12.4. The van der Waals surface area contributed by atoms with Gasteiger partial charge < -0.3 is 10.4 Å². The fraction of sp³-hybridized carbons (Fsp3) is 0.308. The summed E-state index contributed by atoms with van der Waals surface area (Å²) < 4.78 is 1.39. The SMILES string of the molecule is O=C(O)CCSSCCNC(=O)c1cc(Cl)ccc1-n1cnnn1. The molecule has 0 fully saturated rings. The number of halogens is 1. The van der Waals surface area contributed by atoms with Gasteiger partial charge in [0.2, 0.25) is 0 Å². The fourth-order valence-electron chi connectivity index (χ4n) is 1.71. The van der Waals surface area contributed by atoms with Crippen molar-refractivity contribution in [3.63, 3.8) is 0 Å². The van der Waals surface area contributed by atoms with Gasteiger partial charge in [0.05, 0.1) is 17.7 Å². The Hall–Kier alpha value is -1.78. The van der Waals surface area contributed by atoms with Crippen LogP contribution >= 0.6 is 33.2 Å².